The molecule has 1 heterocycles. The molecule has 1 aliphatic rings. The number of halogens is 2. The van der Waals surface area contributed by atoms with Crippen molar-refractivity contribution < 1.29 is 23.0 Å². The summed E-state index contributed by atoms with van der Waals surface area (Å²) >= 11 is 3.14. The van der Waals surface area contributed by atoms with Crippen LogP contribution in [-0.2, 0) is 9.53 Å². The lowest BCUT2D eigenvalue weighted by Crippen LogP contribution is -2.18. The summed E-state index contributed by atoms with van der Waals surface area (Å²) in [4.78, 5) is 15.4. The van der Waals surface area contributed by atoms with Gasteiger partial charge in [-0.25, -0.2) is 9.18 Å². The van der Waals surface area contributed by atoms with Crippen molar-refractivity contribution in [3.63, 3.8) is 0 Å². The molecule has 0 amide bonds. The number of hydrogen-bond acceptors (Lipinski definition) is 6. The van der Waals surface area contributed by atoms with Gasteiger partial charge >= 0.3 is 5.97 Å². The highest BCUT2D eigenvalue weighted by Crippen LogP contribution is 2.44. The molecular formula is C25H31F2NO3S2. The van der Waals surface area contributed by atoms with E-state index in [1.54, 1.807) is 30.8 Å². The summed E-state index contributed by atoms with van der Waals surface area (Å²) in [7, 11) is 0. The molecule has 33 heavy (non-hydrogen) atoms. The largest absolute Gasteiger partial charge is 0.461 e. The van der Waals surface area contributed by atoms with Gasteiger partial charge in [-0.15, -0.1) is 23.5 Å². The van der Waals surface area contributed by atoms with E-state index in [2.05, 4.69) is 23.5 Å². The van der Waals surface area contributed by atoms with Gasteiger partial charge in [0.2, 0.25) is 5.83 Å². The highest BCUT2D eigenvalue weighted by Gasteiger charge is 2.21. The fourth-order valence-electron chi connectivity index (χ4n) is 2.89. The van der Waals surface area contributed by atoms with Crippen LogP contribution in [0.15, 0.2) is 58.3 Å². The van der Waals surface area contributed by atoms with E-state index >= 15 is 0 Å². The summed E-state index contributed by atoms with van der Waals surface area (Å²) in [5.41, 5.74) is 1.90. The van der Waals surface area contributed by atoms with Gasteiger partial charge in [-0.05, 0) is 61.8 Å². The van der Waals surface area contributed by atoms with E-state index in [1.165, 1.54) is 36.7 Å². The zero-order chi connectivity index (χ0) is 24.2. The Hall–Kier alpha value is -2.19. The van der Waals surface area contributed by atoms with Crippen LogP contribution in [0.4, 0.5) is 20.2 Å². The molecule has 0 aliphatic carbocycles. The fourth-order valence-corrected chi connectivity index (χ4v) is 4.42. The van der Waals surface area contributed by atoms with Crippen LogP contribution < -0.4 is 9.64 Å². The van der Waals surface area contributed by atoms with Crippen LogP contribution in [-0.4, -0.2) is 31.1 Å². The van der Waals surface area contributed by atoms with Gasteiger partial charge < -0.3 is 14.4 Å². The van der Waals surface area contributed by atoms with Crippen molar-refractivity contribution in [2.45, 2.75) is 49.8 Å². The quantitative estimate of drug-likeness (QED) is 0.169. The number of nitrogens with zero attached hydrogens (tertiary/aromatic N) is 1. The van der Waals surface area contributed by atoms with E-state index in [-0.39, 0.29) is 12.4 Å². The summed E-state index contributed by atoms with van der Waals surface area (Å²) in [5, 5.41) is 0. The molecule has 0 aromatic heterocycles. The molecule has 2 aromatic carbocycles. The topological polar surface area (TPSA) is 38.8 Å². The molecule has 0 radical (unpaired) electrons. The van der Waals surface area contributed by atoms with E-state index in [0.29, 0.717) is 5.75 Å². The van der Waals surface area contributed by atoms with Crippen LogP contribution >= 0.6 is 23.5 Å². The average Bonchev–Trinajstić information content (AvgIpc) is 3.04. The second-order valence-corrected chi connectivity index (χ2v) is 9.09. The van der Waals surface area contributed by atoms with Gasteiger partial charge in [-0.2, -0.15) is 4.39 Å². The van der Waals surface area contributed by atoms with Crippen LogP contribution in [0.1, 0.15) is 40.0 Å². The minimum Gasteiger partial charge on any atom is -0.461 e. The highest BCUT2D eigenvalue weighted by atomic mass is 32.2. The molecule has 0 saturated carbocycles. The second-order valence-electron chi connectivity index (χ2n) is 7.10. The summed E-state index contributed by atoms with van der Waals surface area (Å²) in [6.07, 6.45) is 6.27. The van der Waals surface area contributed by atoms with Crippen LogP contribution in [0.5, 0.6) is 5.75 Å². The van der Waals surface area contributed by atoms with Crippen molar-refractivity contribution in [2.75, 3.05) is 30.1 Å². The van der Waals surface area contributed by atoms with Crippen LogP contribution in [0, 0.1) is 5.82 Å². The predicted molar refractivity (Wildman–Crippen MR) is 134 cm³/mol. The average molecular weight is 496 g/mol. The van der Waals surface area contributed by atoms with Gasteiger partial charge in [0, 0.05) is 17.1 Å². The standard InChI is InChI=1S/C21H21F2NO3S2.C4H10/c1-3-26-21(25)16(23)13-27-18-12-19-17(11-20(18)28-2)24(9-4-10-29-19)15-7-5-14(22)6-8-15;1-3-4-2/h5-8,11-13H,3-4,9-10H2,1-2H3;3-4H2,1-2H3/b16-13-;. The van der Waals surface area contributed by atoms with Crippen molar-refractivity contribution in [1.82, 2.24) is 0 Å². The van der Waals surface area contributed by atoms with Gasteiger partial charge in [-0.1, -0.05) is 26.7 Å². The molecule has 180 valence electrons. The number of fused-ring (bicyclic) bond motifs is 1. The monoisotopic (exact) mass is 495 g/mol. The Morgan fingerprint density at radius 1 is 1.18 bits per heavy atom. The first-order valence-corrected chi connectivity index (χ1v) is 13.2. The smallest absolute Gasteiger partial charge is 0.370 e. The summed E-state index contributed by atoms with van der Waals surface area (Å²) in [6, 6.07) is 10.2. The van der Waals surface area contributed by atoms with Gasteiger partial charge in [0.1, 0.15) is 17.8 Å². The molecule has 0 N–H and O–H groups in total. The number of carbonyl (C=O) groups is 1. The molecule has 0 unspecified atom stereocenters. The Labute approximate surface area is 203 Å². The maximum atomic E-state index is 13.8. The summed E-state index contributed by atoms with van der Waals surface area (Å²) in [6.45, 7) is 6.86. The molecule has 0 saturated heterocycles. The van der Waals surface area contributed by atoms with Crippen molar-refractivity contribution in [3.8, 4) is 5.75 Å². The first kappa shape index (κ1) is 27.1. The van der Waals surface area contributed by atoms with Crippen molar-refractivity contribution in [3.05, 3.63) is 54.3 Å². The lowest BCUT2D eigenvalue weighted by atomic mass is 10.2. The Morgan fingerprint density at radius 3 is 2.48 bits per heavy atom. The minimum absolute atomic E-state index is 0.0882. The molecule has 8 heteroatoms. The fraction of sp³-hybridized carbons (Fsp3) is 0.400. The highest BCUT2D eigenvalue weighted by molar-refractivity contribution is 7.99. The van der Waals surface area contributed by atoms with E-state index in [4.69, 9.17) is 4.74 Å². The number of benzene rings is 2. The molecular weight excluding hydrogens is 464 g/mol. The van der Waals surface area contributed by atoms with Crippen molar-refractivity contribution in [2.24, 2.45) is 0 Å². The van der Waals surface area contributed by atoms with E-state index in [9.17, 15) is 13.6 Å². The third-order valence-corrected chi connectivity index (χ3v) is 6.61. The first-order valence-electron chi connectivity index (χ1n) is 11.0. The molecule has 1 aliphatic heterocycles. The number of unbranched alkanes of at least 4 members (excludes halogenated alkanes) is 1. The Morgan fingerprint density at radius 2 is 1.88 bits per heavy atom. The summed E-state index contributed by atoms with van der Waals surface area (Å²) in [5.74, 6) is -1.04. The lowest BCUT2D eigenvalue weighted by molar-refractivity contribution is -0.140. The Bertz CT molecular complexity index is 934. The molecule has 3 rings (SSSR count). The maximum Gasteiger partial charge on any atom is 0.370 e. The zero-order valence-corrected chi connectivity index (χ0v) is 21.2. The minimum atomic E-state index is -1.09. The van der Waals surface area contributed by atoms with Crippen molar-refractivity contribution >= 4 is 40.9 Å². The predicted octanol–water partition coefficient (Wildman–Crippen LogP) is 7.74. The third-order valence-electron chi connectivity index (χ3n) is 4.72. The van der Waals surface area contributed by atoms with Crippen LogP contribution in [0.3, 0.4) is 0 Å². The molecule has 4 nitrogen and oxygen atoms in total. The van der Waals surface area contributed by atoms with Crippen LogP contribution in [0.25, 0.3) is 0 Å². The normalized spacial score (nSPS) is 13.4. The maximum absolute atomic E-state index is 13.8. The zero-order valence-electron chi connectivity index (χ0n) is 19.5. The lowest BCUT2D eigenvalue weighted by Gasteiger charge is -2.26. The van der Waals surface area contributed by atoms with Crippen LogP contribution in [0.2, 0.25) is 0 Å². The van der Waals surface area contributed by atoms with Gasteiger partial charge in [0.15, 0.2) is 0 Å². The number of rotatable bonds is 7. The molecule has 0 spiro atoms. The SMILES string of the molecule is CCCC.CCOC(=O)/C(F)=C/Oc1cc2c(cc1SC)N(c1ccc(F)cc1)CCCS2. The molecule has 0 bridgehead atoms. The number of ether oxygens (including phenoxy) is 2. The van der Waals surface area contributed by atoms with Gasteiger partial charge in [0.05, 0.1) is 17.2 Å². The van der Waals surface area contributed by atoms with E-state index < -0.39 is 11.8 Å². The van der Waals surface area contributed by atoms with E-state index in [0.717, 1.165) is 46.1 Å². The first-order chi connectivity index (χ1) is 15.9. The van der Waals surface area contributed by atoms with Gasteiger partial charge in [-0.3, -0.25) is 0 Å². The molecule has 0 atom stereocenters. The Balaban J connectivity index is 0.000000890. The van der Waals surface area contributed by atoms with E-state index in [1.807, 2.05) is 18.4 Å². The number of thioether (sulfide) groups is 2. The third kappa shape index (κ3) is 7.96. The number of anilines is 2. The number of carbonyl (C=O) groups excluding carboxylic acids is 1. The number of esters is 1. The molecule has 0 fully saturated rings. The van der Waals surface area contributed by atoms with Gasteiger partial charge in [0.25, 0.3) is 0 Å². The van der Waals surface area contributed by atoms with Crippen molar-refractivity contribution in [1.29, 1.82) is 0 Å². The summed E-state index contributed by atoms with van der Waals surface area (Å²) < 4.78 is 37.3. The molecule has 2 aromatic rings. The second kappa shape index (κ2) is 14.2. The number of hydrogen-bond donors (Lipinski definition) is 0. The Kier molecular flexibility index (Phi) is 11.6.